The monoisotopic (exact) mass is 284 g/mol. The summed E-state index contributed by atoms with van der Waals surface area (Å²) in [6.45, 7) is 5.55. The fourth-order valence-electron chi connectivity index (χ4n) is 3.49. The Morgan fingerprint density at radius 1 is 1.14 bits per heavy atom. The second-order valence-electron chi connectivity index (χ2n) is 6.01. The van der Waals surface area contributed by atoms with Crippen LogP contribution < -0.4 is 5.32 Å². The Kier molecular flexibility index (Phi) is 3.53. The van der Waals surface area contributed by atoms with E-state index >= 15 is 0 Å². The average molecular weight is 284 g/mol. The predicted molar refractivity (Wildman–Crippen MR) is 82.1 cm³/mol. The zero-order chi connectivity index (χ0) is 15.0. The van der Waals surface area contributed by atoms with E-state index in [1.54, 1.807) is 24.3 Å². The number of hydrogen-bond donors (Lipinski definition) is 1. The molecule has 2 bridgehead atoms. The summed E-state index contributed by atoms with van der Waals surface area (Å²) >= 11 is 0. The molecule has 2 saturated heterocycles. The van der Waals surface area contributed by atoms with Gasteiger partial charge in [0.2, 0.25) is 5.91 Å². The molecule has 0 aromatic heterocycles. The molecule has 110 valence electrons. The van der Waals surface area contributed by atoms with Gasteiger partial charge in [0.1, 0.15) is 0 Å². The minimum atomic E-state index is -0.110. The molecule has 21 heavy (non-hydrogen) atoms. The summed E-state index contributed by atoms with van der Waals surface area (Å²) in [5.41, 5.74) is 2.68. The van der Waals surface area contributed by atoms with Gasteiger partial charge in [-0.25, -0.2) is 0 Å². The molecule has 1 aromatic carbocycles. The van der Waals surface area contributed by atoms with Crippen molar-refractivity contribution in [1.29, 1.82) is 0 Å². The Hall–Kier alpha value is -2.10. The maximum Gasteiger partial charge on any atom is 0.254 e. The SMILES string of the molecule is C=C1CC2CCC(C1)N2C(=O)c1ccc(NC(C)=O)cc1. The molecule has 1 aromatic rings. The van der Waals surface area contributed by atoms with Gasteiger partial charge in [0.15, 0.2) is 0 Å². The van der Waals surface area contributed by atoms with Gasteiger partial charge in [-0.3, -0.25) is 9.59 Å². The molecule has 2 amide bonds. The van der Waals surface area contributed by atoms with Crippen LogP contribution in [-0.4, -0.2) is 28.8 Å². The molecule has 0 radical (unpaired) electrons. The summed E-state index contributed by atoms with van der Waals surface area (Å²) < 4.78 is 0. The van der Waals surface area contributed by atoms with E-state index in [0.717, 1.165) is 25.7 Å². The Morgan fingerprint density at radius 2 is 1.71 bits per heavy atom. The van der Waals surface area contributed by atoms with Crippen LogP contribution in [0.5, 0.6) is 0 Å². The second kappa shape index (κ2) is 5.35. The molecule has 4 heteroatoms. The lowest BCUT2D eigenvalue weighted by atomic mass is 9.97. The van der Waals surface area contributed by atoms with Gasteiger partial charge in [0, 0.05) is 30.3 Å². The first-order valence-corrected chi connectivity index (χ1v) is 7.41. The lowest BCUT2D eigenvalue weighted by molar-refractivity contribution is -0.114. The highest BCUT2D eigenvalue weighted by atomic mass is 16.2. The summed E-state index contributed by atoms with van der Waals surface area (Å²) in [6, 6.07) is 7.77. The molecule has 2 aliphatic rings. The van der Waals surface area contributed by atoms with Crippen LogP contribution >= 0.6 is 0 Å². The third-order valence-corrected chi connectivity index (χ3v) is 4.36. The maximum absolute atomic E-state index is 12.7. The van der Waals surface area contributed by atoms with Gasteiger partial charge >= 0.3 is 0 Å². The lowest BCUT2D eigenvalue weighted by Crippen LogP contribution is -2.44. The highest BCUT2D eigenvalue weighted by Crippen LogP contribution is 2.38. The number of fused-ring (bicyclic) bond motifs is 2. The fourth-order valence-corrected chi connectivity index (χ4v) is 3.49. The molecular weight excluding hydrogens is 264 g/mol. The molecule has 1 N–H and O–H groups in total. The molecule has 4 nitrogen and oxygen atoms in total. The van der Waals surface area contributed by atoms with Crippen molar-refractivity contribution < 1.29 is 9.59 Å². The number of piperidine rings is 1. The van der Waals surface area contributed by atoms with E-state index in [4.69, 9.17) is 0 Å². The van der Waals surface area contributed by atoms with E-state index in [2.05, 4.69) is 11.9 Å². The highest BCUT2D eigenvalue weighted by Gasteiger charge is 2.40. The van der Waals surface area contributed by atoms with Crippen LogP contribution in [-0.2, 0) is 4.79 Å². The number of rotatable bonds is 2. The highest BCUT2D eigenvalue weighted by molar-refractivity contribution is 5.96. The third kappa shape index (κ3) is 2.71. The zero-order valence-corrected chi connectivity index (χ0v) is 12.3. The van der Waals surface area contributed by atoms with Gasteiger partial charge in [-0.2, -0.15) is 0 Å². The molecule has 2 atom stereocenters. The number of anilines is 1. The van der Waals surface area contributed by atoms with Crippen LogP contribution in [0.4, 0.5) is 5.69 Å². The van der Waals surface area contributed by atoms with Crippen molar-refractivity contribution >= 4 is 17.5 Å². The van der Waals surface area contributed by atoms with Gasteiger partial charge in [0.25, 0.3) is 5.91 Å². The fraction of sp³-hybridized carbons (Fsp3) is 0.412. The van der Waals surface area contributed by atoms with Crippen molar-refractivity contribution in [2.75, 3.05) is 5.32 Å². The van der Waals surface area contributed by atoms with Crippen molar-refractivity contribution in [3.05, 3.63) is 42.0 Å². The molecule has 3 rings (SSSR count). The number of nitrogens with zero attached hydrogens (tertiary/aromatic N) is 1. The van der Waals surface area contributed by atoms with Gasteiger partial charge in [-0.05, 0) is 49.9 Å². The van der Waals surface area contributed by atoms with Crippen molar-refractivity contribution in [3.8, 4) is 0 Å². The Balaban J connectivity index is 1.76. The van der Waals surface area contributed by atoms with Gasteiger partial charge in [-0.1, -0.05) is 12.2 Å². The van der Waals surface area contributed by atoms with Crippen LogP contribution in [0.3, 0.4) is 0 Å². The average Bonchev–Trinajstić information content (AvgIpc) is 2.70. The minimum absolute atomic E-state index is 0.101. The molecule has 2 fully saturated rings. The number of carbonyl (C=O) groups is 2. The topological polar surface area (TPSA) is 49.4 Å². The summed E-state index contributed by atoms with van der Waals surface area (Å²) in [6.07, 6.45) is 4.04. The van der Waals surface area contributed by atoms with Crippen LogP contribution in [0.1, 0.15) is 43.0 Å². The summed E-state index contributed by atoms with van der Waals surface area (Å²) in [7, 11) is 0. The van der Waals surface area contributed by atoms with Crippen LogP contribution in [0.2, 0.25) is 0 Å². The van der Waals surface area contributed by atoms with Crippen LogP contribution in [0.25, 0.3) is 0 Å². The lowest BCUT2D eigenvalue weighted by Gasteiger charge is -2.36. The van der Waals surface area contributed by atoms with E-state index in [1.165, 1.54) is 12.5 Å². The molecule has 0 spiro atoms. The smallest absolute Gasteiger partial charge is 0.254 e. The first kappa shape index (κ1) is 13.9. The Labute approximate surface area is 124 Å². The van der Waals surface area contributed by atoms with Gasteiger partial charge in [-0.15, -0.1) is 0 Å². The van der Waals surface area contributed by atoms with Crippen molar-refractivity contribution in [3.63, 3.8) is 0 Å². The van der Waals surface area contributed by atoms with E-state index in [-0.39, 0.29) is 11.8 Å². The maximum atomic E-state index is 12.7. The quantitative estimate of drug-likeness (QED) is 0.849. The molecule has 0 aliphatic carbocycles. The van der Waals surface area contributed by atoms with Crippen molar-refractivity contribution in [1.82, 2.24) is 4.90 Å². The predicted octanol–water partition coefficient (Wildman–Crippen LogP) is 2.97. The van der Waals surface area contributed by atoms with E-state index in [1.807, 2.05) is 4.90 Å². The molecule has 0 saturated carbocycles. The number of amides is 2. The third-order valence-electron chi connectivity index (χ3n) is 4.36. The summed E-state index contributed by atoms with van der Waals surface area (Å²) in [5, 5.41) is 2.71. The van der Waals surface area contributed by atoms with Gasteiger partial charge in [0.05, 0.1) is 0 Å². The molecule has 2 unspecified atom stereocenters. The summed E-state index contributed by atoms with van der Waals surface area (Å²) in [5.74, 6) is -0.00830. The molecule has 2 aliphatic heterocycles. The molecular formula is C17H20N2O2. The van der Waals surface area contributed by atoms with E-state index in [0.29, 0.717) is 23.3 Å². The normalized spacial score (nSPS) is 24.0. The van der Waals surface area contributed by atoms with Crippen LogP contribution in [0.15, 0.2) is 36.4 Å². The Morgan fingerprint density at radius 3 is 2.24 bits per heavy atom. The first-order valence-electron chi connectivity index (χ1n) is 7.41. The minimum Gasteiger partial charge on any atom is -0.332 e. The molecule has 2 heterocycles. The number of hydrogen-bond acceptors (Lipinski definition) is 2. The Bertz CT molecular complexity index is 575. The van der Waals surface area contributed by atoms with Crippen molar-refractivity contribution in [2.45, 2.75) is 44.7 Å². The van der Waals surface area contributed by atoms with Crippen LogP contribution in [0, 0.1) is 0 Å². The number of benzene rings is 1. The largest absolute Gasteiger partial charge is 0.332 e. The van der Waals surface area contributed by atoms with Gasteiger partial charge < -0.3 is 10.2 Å². The van der Waals surface area contributed by atoms with E-state index < -0.39 is 0 Å². The first-order chi connectivity index (χ1) is 10.0. The summed E-state index contributed by atoms with van der Waals surface area (Å²) in [4.78, 5) is 25.8. The van der Waals surface area contributed by atoms with E-state index in [9.17, 15) is 9.59 Å². The standard InChI is InChI=1S/C17H20N2O2/c1-11-9-15-7-8-16(10-11)19(15)17(21)13-3-5-14(6-4-13)18-12(2)20/h3-6,15-16H,1,7-10H2,2H3,(H,18,20). The number of nitrogens with one attached hydrogen (secondary N) is 1. The van der Waals surface area contributed by atoms with Crippen molar-refractivity contribution in [2.24, 2.45) is 0 Å². The second-order valence-corrected chi connectivity index (χ2v) is 6.01. The number of carbonyl (C=O) groups excluding carboxylic acids is 2. The zero-order valence-electron chi connectivity index (χ0n) is 12.3.